The Morgan fingerprint density at radius 3 is 2.37 bits per heavy atom. The third-order valence-corrected chi connectivity index (χ3v) is 4.40. The topological polar surface area (TPSA) is 73.7 Å². The first-order valence-corrected chi connectivity index (χ1v) is 9.80. The van der Waals surface area contributed by atoms with Crippen molar-refractivity contribution < 1.29 is 14.3 Å². The lowest BCUT2D eigenvalue weighted by atomic mass is 10.2. The Hall–Kier alpha value is -3.61. The molecule has 30 heavy (non-hydrogen) atoms. The molecule has 0 atom stereocenters. The molecule has 0 unspecified atom stereocenters. The van der Waals surface area contributed by atoms with Crippen molar-refractivity contribution >= 4 is 5.91 Å². The Kier molecular flexibility index (Phi) is 7.21. The number of nitrogens with zero attached hydrogens (tertiary/aromatic N) is 3. The fourth-order valence-corrected chi connectivity index (χ4v) is 2.89. The van der Waals surface area contributed by atoms with Gasteiger partial charge in [0.2, 0.25) is 0 Å². The summed E-state index contributed by atoms with van der Waals surface area (Å²) < 4.78 is 12.3. The Labute approximate surface area is 175 Å². The predicted molar refractivity (Wildman–Crippen MR) is 114 cm³/mol. The lowest BCUT2D eigenvalue weighted by Gasteiger charge is -2.17. The summed E-state index contributed by atoms with van der Waals surface area (Å²) in [7, 11) is 1.70. The number of ether oxygens (including phenoxy) is 2. The van der Waals surface area contributed by atoms with E-state index in [1.807, 2.05) is 61.5 Å². The molecule has 7 heteroatoms. The van der Waals surface area contributed by atoms with Gasteiger partial charge in [-0.25, -0.2) is 4.68 Å². The van der Waals surface area contributed by atoms with Gasteiger partial charge in [-0.1, -0.05) is 30.3 Å². The highest BCUT2D eigenvalue weighted by molar-refractivity contribution is 5.91. The molecule has 1 amide bonds. The van der Waals surface area contributed by atoms with E-state index in [9.17, 15) is 9.59 Å². The SMILES string of the molecule is CCOc1ccc(CN(C)C(=O)c2ccc(=O)n(CCOc3ccccc3)n2)cc1. The summed E-state index contributed by atoms with van der Waals surface area (Å²) in [4.78, 5) is 26.4. The largest absolute Gasteiger partial charge is 0.494 e. The van der Waals surface area contributed by atoms with Crippen molar-refractivity contribution in [1.29, 1.82) is 0 Å². The van der Waals surface area contributed by atoms with Crippen LogP contribution in [0.25, 0.3) is 0 Å². The molecule has 0 fully saturated rings. The maximum Gasteiger partial charge on any atom is 0.274 e. The molecule has 156 valence electrons. The van der Waals surface area contributed by atoms with E-state index in [1.54, 1.807) is 11.9 Å². The third kappa shape index (κ3) is 5.70. The third-order valence-electron chi connectivity index (χ3n) is 4.40. The molecule has 0 N–H and O–H groups in total. The Morgan fingerprint density at radius 2 is 1.67 bits per heavy atom. The van der Waals surface area contributed by atoms with Crippen molar-refractivity contribution in [3.8, 4) is 11.5 Å². The first-order valence-electron chi connectivity index (χ1n) is 9.80. The highest BCUT2D eigenvalue weighted by Crippen LogP contribution is 2.14. The van der Waals surface area contributed by atoms with Crippen LogP contribution in [0, 0.1) is 0 Å². The molecule has 0 aliphatic rings. The van der Waals surface area contributed by atoms with E-state index in [0.717, 1.165) is 11.3 Å². The standard InChI is InChI=1S/C23H25N3O4/c1-3-29-20-11-9-18(10-12-20)17-25(2)23(28)21-13-14-22(27)26(24-21)15-16-30-19-7-5-4-6-8-19/h4-14H,3,15-17H2,1-2H3. The van der Waals surface area contributed by atoms with Crippen molar-refractivity contribution in [2.24, 2.45) is 0 Å². The lowest BCUT2D eigenvalue weighted by Crippen LogP contribution is -2.31. The van der Waals surface area contributed by atoms with E-state index in [2.05, 4.69) is 5.10 Å². The minimum Gasteiger partial charge on any atom is -0.494 e. The van der Waals surface area contributed by atoms with Crippen LogP contribution in [0.1, 0.15) is 23.0 Å². The van der Waals surface area contributed by atoms with Crippen LogP contribution in [0.4, 0.5) is 0 Å². The maximum atomic E-state index is 12.8. The molecule has 2 aromatic carbocycles. The number of carbonyl (C=O) groups excluding carboxylic acids is 1. The molecule has 0 radical (unpaired) electrons. The molecule has 3 aromatic rings. The van der Waals surface area contributed by atoms with Gasteiger partial charge < -0.3 is 14.4 Å². The summed E-state index contributed by atoms with van der Waals surface area (Å²) in [6.45, 7) is 3.48. The van der Waals surface area contributed by atoms with Crippen LogP contribution in [0.2, 0.25) is 0 Å². The second kappa shape index (κ2) is 10.2. The number of aromatic nitrogens is 2. The first kappa shape index (κ1) is 21.1. The average Bonchev–Trinajstić information content (AvgIpc) is 2.77. The number of hydrogen-bond acceptors (Lipinski definition) is 5. The summed E-state index contributed by atoms with van der Waals surface area (Å²) in [5.74, 6) is 1.25. The molecule has 0 aliphatic carbocycles. The molecule has 0 saturated carbocycles. The van der Waals surface area contributed by atoms with Crippen LogP contribution in [0.15, 0.2) is 71.5 Å². The lowest BCUT2D eigenvalue weighted by molar-refractivity contribution is 0.0776. The van der Waals surface area contributed by atoms with E-state index in [1.165, 1.54) is 16.8 Å². The molecular formula is C23H25N3O4. The van der Waals surface area contributed by atoms with Gasteiger partial charge in [0.25, 0.3) is 11.5 Å². The minimum absolute atomic E-state index is 0.211. The Morgan fingerprint density at radius 1 is 0.967 bits per heavy atom. The van der Waals surface area contributed by atoms with Crippen LogP contribution in [-0.2, 0) is 13.1 Å². The van der Waals surface area contributed by atoms with E-state index in [0.29, 0.717) is 18.9 Å². The number of carbonyl (C=O) groups is 1. The number of amides is 1. The molecule has 3 rings (SSSR count). The van der Waals surface area contributed by atoms with Gasteiger partial charge in [0.05, 0.1) is 13.2 Å². The molecule has 7 nitrogen and oxygen atoms in total. The van der Waals surface area contributed by atoms with Gasteiger partial charge >= 0.3 is 0 Å². The van der Waals surface area contributed by atoms with Crippen molar-refractivity contribution in [2.45, 2.75) is 20.0 Å². The van der Waals surface area contributed by atoms with Gasteiger partial charge in [-0.15, -0.1) is 0 Å². The van der Waals surface area contributed by atoms with E-state index in [4.69, 9.17) is 9.47 Å². The van der Waals surface area contributed by atoms with Gasteiger partial charge in [0.1, 0.15) is 23.8 Å². The first-order chi connectivity index (χ1) is 14.6. The van der Waals surface area contributed by atoms with Gasteiger partial charge in [0, 0.05) is 19.7 Å². The second-order valence-corrected chi connectivity index (χ2v) is 6.68. The van der Waals surface area contributed by atoms with Crippen LogP contribution in [-0.4, -0.2) is 40.8 Å². The highest BCUT2D eigenvalue weighted by atomic mass is 16.5. The summed E-state index contributed by atoms with van der Waals surface area (Å²) in [5.41, 5.74) is 0.902. The number of hydrogen-bond donors (Lipinski definition) is 0. The van der Waals surface area contributed by atoms with Crippen LogP contribution >= 0.6 is 0 Å². The number of para-hydroxylation sites is 1. The molecule has 1 heterocycles. The van der Waals surface area contributed by atoms with Crippen LogP contribution < -0.4 is 15.0 Å². The fourth-order valence-electron chi connectivity index (χ4n) is 2.89. The average molecular weight is 407 g/mol. The predicted octanol–water partition coefficient (Wildman–Crippen LogP) is 2.99. The molecule has 1 aromatic heterocycles. The minimum atomic E-state index is -0.280. The van der Waals surface area contributed by atoms with Crippen LogP contribution in [0.5, 0.6) is 11.5 Å². The van der Waals surface area contributed by atoms with E-state index in [-0.39, 0.29) is 30.3 Å². The summed E-state index contributed by atoms with van der Waals surface area (Å²) in [6.07, 6.45) is 0. The zero-order chi connectivity index (χ0) is 21.3. The van der Waals surface area contributed by atoms with Crippen molar-refractivity contribution in [3.05, 3.63) is 88.3 Å². The smallest absolute Gasteiger partial charge is 0.274 e. The van der Waals surface area contributed by atoms with Crippen molar-refractivity contribution in [3.63, 3.8) is 0 Å². The van der Waals surface area contributed by atoms with E-state index < -0.39 is 0 Å². The highest BCUT2D eigenvalue weighted by Gasteiger charge is 2.15. The van der Waals surface area contributed by atoms with Crippen molar-refractivity contribution in [1.82, 2.24) is 14.7 Å². The van der Waals surface area contributed by atoms with Gasteiger partial charge in [-0.05, 0) is 42.8 Å². The number of rotatable bonds is 9. The Balaban J connectivity index is 1.62. The molecule has 0 bridgehead atoms. The summed E-state index contributed by atoms with van der Waals surface area (Å²) in [6, 6.07) is 19.7. The molecular weight excluding hydrogens is 382 g/mol. The quantitative estimate of drug-likeness (QED) is 0.545. The zero-order valence-electron chi connectivity index (χ0n) is 17.2. The zero-order valence-corrected chi connectivity index (χ0v) is 17.2. The van der Waals surface area contributed by atoms with Crippen LogP contribution in [0.3, 0.4) is 0 Å². The molecule has 0 saturated heterocycles. The van der Waals surface area contributed by atoms with E-state index >= 15 is 0 Å². The van der Waals surface area contributed by atoms with Crippen molar-refractivity contribution in [2.75, 3.05) is 20.3 Å². The molecule has 0 aliphatic heterocycles. The number of benzene rings is 2. The fraction of sp³-hybridized carbons (Fsp3) is 0.261. The summed E-state index contributed by atoms with van der Waals surface area (Å²) in [5, 5.41) is 4.22. The Bertz CT molecular complexity index is 1020. The van der Waals surface area contributed by atoms with Gasteiger partial charge in [-0.3, -0.25) is 9.59 Å². The monoisotopic (exact) mass is 407 g/mol. The van der Waals surface area contributed by atoms with Gasteiger partial charge in [0.15, 0.2) is 0 Å². The molecule has 0 spiro atoms. The normalized spacial score (nSPS) is 10.5. The summed E-state index contributed by atoms with van der Waals surface area (Å²) >= 11 is 0. The maximum absolute atomic E-state index is 12.8. The second-order valence-electron chi connectivity index (χ2n) is 6.68. The van der Waals surface area contributed by atoms with Gasteiger partial charge in [-0.2, -0.15) is 5.10 Å².